The number of hydrogen-bond acceptors (Lipinski definition) is 3. The van der Waals surface area contributed by atoms with Crippen LogP contribution in [-0.2, 0) is 6.54 Å². The van der Waals surface area contributed by atoms with Gasteiger partial charge in [-0.2, -0.15) is 5.10 Å². The van der Waals surface area contributed by atoms with Gasteiger partial charge in [0.15, 0.2) is 0 Å². The summed E-state index contributed by atoms with van der Waals surface area (Å²) in [4.78, 5) is 2.56. The topological polar surface area (TPSA) is 33.1 Å². The Hall–Kier alpha value is -1.36. The highest BCUT2D eigenvalue weighted by molar-refractivity contribution is 5.85. The van der Waals surface area contributed by atoms with Crippen LogP contribution in [0, 0.1) is 5.92 Å². The highest BCUT2D eigenvalue weighted by Gasteiger charge is 2.18. The fourth-order valence-electron chi connectivity index (χ4n) is 3.07. The molecule has 4 nitrogen and oxygen atoms in total. The molecule has 0 atom stereocenters. The zero-order valence-corrected chi connectivity index (χ0v) is 13.9. The number of halogens is 1. The molecule has 1 aliphatic rings. The zero-order valence-electron chi connectivity index (χ0n) is 13.1. The summed E-state index contributed by atoms with van der Waals surface area (Å²) in [6.45, 7) is 4.65. The number of rotatable bonds is 5. The van der Waals surface area contributed by atoms with Crippen molar-refractivity contribution >= 4 is 12.4 Å². The maximum atomic E-state index is 4.26. The summed E-state index contributed by atoms with van der Waals surface area (Å²) in [7, 11) is 2.05. The van der Waals surface area contributed by atoms with Crippen molar-refractivity contribution in [3.8, 4) is 5.69 Å². The summed E-state index contributed by atoms with van der Waals surface area (Å²) >= 11 is 0. The van der Waals surface area contributed by atoms with Gasteiger partial charge >= 0.3 is 0 Å². The van der Waals surface area contributed by atoms with E-state index in [0.717, 1.165) is 24.7 Å². The SMILES string of the molecule is CNCC1CCN(Cc2ccc(-n3cccn3)cc2)CC1.Cl. The molecule has 3 rings (SSSR count). The summed E-state index contributed by atoms with van der Waals surface area (Å²) in [5.41, 5.74) is 2.51. The largest absolute Gasteiger partial charge is 0.319 e. The van der Waals surface area contributed by atoms with E-state index in [1.165, 1.54) is 31.5 Å². The van der Waals surface area contributed by atoms with Crippen LogP contribution < -0.4 is 5.32 Å². The molecule has 0 spiro atoms. The zero-order chi connectivity index (χ0) is 14.5. The molecule has 2 heterocycles. The fraction of sp³-hybridized carbons (Fsp3) is 0.471. The molecule has 2 aromatic rings. The van der Waals surface area contributed by atoms with Crippen molar-refractivity contribution in [3.05, 3.63) is 48.3 Å². The van der Waals surface area contributed by atoms with Crippen LogP contribution >= 0.6 is 12.4 Å². The average molecular weight is 321 g/mol. The lowest BCUT2D eigenvalue weighted by atomic mass is 9.96. The minimum Gasteiger partial charge on any atom is -0.319 e. The van der Waals surface area contributed by atoms with Crippen molar-refractivity contribution in [1.82, 2.24) is 20.0 Å². The number of nitrogens with zero attached hydrogens (tertiary/aromatic N) is 3. The molecule has 0 unspecified atom stereocenters. The number of hydrogen-bond donors (Lipinski definition) is 1. The van der Waals surface area contributed by atoms with E-state index >= 15 is 0 Å². The van der Waals surface area contributed by atoms with Gasteiger partial charge in [0.1, 0.15) is 0 Å². The van der Waals surface area contributed by atoms with Gasteiger partial charge in [0.2, 0.25) is 0 Å². The minimum absolute atomic E-state index is 0. The fourth-order valence-corrected chi connectivity index (χ4v) is 3.07. The molecular formula is C17H25ClN4. The van der Waals surface area contributed by atoms with Crippen molar-refractivity contribution in [3.63, 3.8) is 0 Å². The second-order valence-electron chi connectivity index (χ2n) is 5.89. The lowest BCUT2D eigenvalue weighted by Gasteiger charge is -2.31. The Labute approximate surface area is 138 Å². The van der Waals surface area contributed by atoms with Crippen LogP contribution in [0.2, 0.25) is 0 Å². The third kappa shape index (κ3) is 4.32. The average Bonchev–Trinajstić information content (AvgIpc) is 3.05. The molecule has 120 valence electrons. The predicted octanol–water partition coefficient (Wildman–Crippen LogP) is 2.73. The van der Waals surface area contributed by atoms with Crippen LogP contribution in [0.3, 0.4) is 0 Å². The maximum Gasteiger partial charge on any atom is 0.0645 e. The number of piperidine rings is 1. The molecule has 1 aliphatic heterocycles. The number of benzene rings is 1. The first-order valence-electron chi connectivity index (χ1n) is 7.81. The first-order valence-corrected chi connectivity index (χ1v) is 7.81. The van der Waals surface area contributed by atoms with E-state index in [4.69, 9.17) is 0 Å². The van der Waals surface area contributed by atoms with Crippen molar-refractivity contribution < 1.29 is 0 Å². The normalized spacial score (nSPS) is 16.4. The molecule has 22 heavy (non-hydrogen) atoms. The Bertz CT molecular complexity index is 530. The molecular weight excluding hydrogens is 296 g/mol. The second-order valence-corrected chi connectivity index (χ2v) is 5.89. The van der Waals surface area contributed by atoms with Gasteiger partial charge in [-0.05, 0) is 69.2 Å². The monoisotopic (exact) mass is 320 g/mol. The lowest BCUT2D eigenvalue weighted by Crippen LogP contribution is -2.36. The summed E-state index contributed by atoms with van der Waals surface area (Å²) < 4.78 is 1.90. The summed E-state index contributed by atoms with van der Waals surface area (Å²) in [5.74, 6) is 0.855. The van der Waals surface area contributed by atoms with Crippen molar-refractivity contribution in [2.75, 3.05) is 26.7 Å². The Morgan fingerprint density at radius 1 is 1.18 bits per heavy atom. The van der Waals surface area contributed by atoms with Crippen LogP contribution in [0.25, 0.3) is 5.69 Å². The smallest absolute Gasteiger partial charge is 0.0645 e. The number of likely N-dealkylation sites (tertiary alicyclic amines) is 1. The molecule has 0 radical (unpaired) electrons. The van der Waals surface area contributed by atoms with Gasteiger partial charge < -0.3 is 5.32 Å². The van der Waals surface area contributed by atoms with E-state index in [0.29, 0.717) is 0 Å². The minimum atomic E-state index is 0. The van der Waals surface area contributed by atoms with E-state index in [9.17, 15) is 0 Å². The van der Waals surface area contributed by atoms with Crippen LogP contribution in [0.4, 0.5) is 0 Å². The van der Waals surface area contributed by atoms with Crippen molar-refractivity contribution in [2.24, 2.45) is 5.92 Å². The van der Waals surface area contributed by atoms with Crippen LogP contribution in [0.1, 0.15) is 18.4 Å². The van der Waals surface area contributed by atoms with Crippen molar-refractivity contribution in [1.29, 1.82) is 0 Å². The standard InChI is InChI=1S/C17H24N4.ClH/c1-18-13-15-7-11-20(12-8-15)14-16-3-5-17(6-4-16)21-10-2-9-19-21;/h2-6,9-10,15,18H,7-8,11-14H2,1H3;1H. The Balaban J connectivity index is 0.00000176. The summed E-state index contributed by atoms with van der Waals surface area (Å²) in [6.07, 6.45) is 6.41. The van der Waals surface area contributed by atoms with Gasteiger partial charge in [0.05, 0.1) is 5.69 Å². The van der Waals surface area contributed by atoms with Gasteiger partial charge in [-0.3, -0.25) is 4.90 Å². The molecule has 1 aromatic carbocycles. The highest BCUT2D eigenvalue weighted by atomic mass is 35.5. The molecule has 1 saturated heterocycles. The van der Waals surface area contributed by atoms with E-state index in [-0.39, 0.29) is 12.4 Å². The molecule has 0 amide bonds. The van der Waals surface area contributed by atoms with Gasteiger partial charge in [0.25, 0.3) is 0 Å². The molecule has 0 saturated carbocycles. The first-order chi connectivity index (χ1) is 10.3. The second kappa shape index (κ2) is 8.32. The van der Waals surface area contributed by atoms with Gasteiger partial charge in [-0.15, -0.1) is 12.4 Å². The van der Waals surface area contributed by atoms with E-state index in [1.807, 2.05) is 30.2 Å². The summed E-state index contributed by atoms with van der Waals surface area (Å²) in [5, 5.41) is 7.55. The third-order valence-electron chi connectivity index (χ3n) is 4.31. The van der Waals surface area contributed by atoms with Crippen LogP contribution in [0.15, 0.2) is 42.7 Å². The van der Waals surface area contributed by atoms with Crippen LogP contribution in [-0.4, -0.2) is 41.4 Å². The first kappa shape index (κ1) is 17.0. The third-order valence-corrected chi connectivity index (χ3v) is 4.31. The number of aromatic nitrogens is 2. The van der Waals surface area contributed by atoms with E-state index in [2.05, 4.69) is 39.6 Å². The Morgan fingerprint density at radius 3 is 2.50 bits per heavy atom. The quantitative estimate of drug-likeness (QED) is 0.919. The predicted molar refractivity (Wildman–Crippen MR) is 92.7 cm³/mol. The molecule has 1 fully saturated rings. The van der Waals surface area contributed by atoms with Crippen molar-refractivity contribution in [2.45, 2.75) is 19.4 Å². The molecule has 0 bridgehead atoms. The Morgan fingerprint density at radius 2 is 1.91 bits per heavy atom. The van der Waals surface area contributed by atoms with E-state index < -0.39 is 0 Å². The molecule has 1 aromatic heterocycles. The molecule has 5 heteroatoms. The van der Waals surface area contributed by atoms with Gasteiger partial charge in [-0.1, -0.05) is 12.1 Å². The highest BCUT2D eigenvalue weighted by Crippen LogP contribution is 2.19. The van der Waals surface area contributed by atoms with Gasteiger partial charge in [0, 0.05) is 18.9 Å². The molecule has 0 aliphatic carbocycles. The lowest BCUT2D eigenvalue weighted by molar-refractivity contribution is 0.177. The van der Waals surface area contributed by atoms with Crippen LogP contribution in [0.5, 0.6) is 0 Å². The maximum absolute atomic E-state index is 4.26. The number of nitrogens with one attached hydrogen (secondary N) is 1. The Kier molecular flexibility index (Phi) is 6.43. The summed E-state index contributed by atoms with van der Waals surface area (Å²) in [6, 6.07) is 10.7. The van der Waals surface area contributed by atoms with E-state index in [1.54, 1.807) is 0 Å². The molecule has 1 N–H and O–H groups in total. The van der Waals surface area contributed by atoms with Gasteiger partial charge in [-0.25, -0.2) is 4.68 Å².